The van der Waals surface area contributed by atoms with Crippen LogP contribution in [0.5, 0.6) is 5.75 Å². The number of carbonyl (C=O) groups excluding carboxylic acids is 1. The quantitative estimate of drug-likeness (QED) is 0.301. The van der Waals surface area contributed by atoms with Gasteiger partial charge in [0, 0.05) is 26.4 Å². The van der Waals surface area contributed by atoms with Crippen molar-refractivity contribution in [1.29, 1.82) is 0 Å². The minimum Gasteiger partial charge on any atom is -0.493 e. The normalized spacial score (nSPS) is 17.5. The van der Waals surface area contributed by atoms with Gasteiger partial charge >= 0.3 is 6.09 Å². The van der Waals surface area contributed by atoms with Crippen molar-refractivity contribution in [3.63, 3.8) is 0 Å². The molecule has 34 heavy (non-hydrogen) atoms. The maximum atomic E-state index is 12.7. The standard InChI is InChI=1S/C26H39N3O4Si/c1-26(2,3)33-25(30)28-21-13-8-7-11-15-32-23-14-10-9-12-20(23)22-18-29(24(21)27-22)19-31-16-17-34(4,5)6/h7-10,12,14,18,21H,11,13,15-17,19H2,1-6H3,(H,28,30)/b8-7+/t21-/m0/s1. The second-order valence-electron chi connectivity index (χ2n) is 10.8. The Morgan fingerprint density at radius 3 is 2.74 bits per heavy atom. The van der Waals surface area contributed by atoms with E-state index in [1.54, 1.807) is 0 Å². The van der Waals surface area contributed by atoms with Crippen LogP contribution in [0, 0.1) is 0 Å². The molecule has 0 saturated carbocycles. The molecule has 7 nitrogen and oxygen atoms in total. The zero-order valence-corrected chi connectivity index (χ0v) is 22.4. The fourth-order valence-corrected chi connectivity index (χ4v) is 4.31. The number of ether oxygens (including phenoxy) is 3. The third kappa shape index (κ3) is 8.02. The Morgan fingerprint density at radius 1 is 1.24 bits per heavy atom. The highest BCUT2D eigenvalue weighted by molar-refractivity contribution is 6.76. The molecule has 0 unspecified atom stereocenters. The molecule has 1 aliphatic heterocycles. The van der Waals surface area contributed by atoms with Gasteiger partial charge in [0.25, 0.3) is 0 Å². The summed E-state index contributed by atoms with van der Waals surface area (Å²) in [6, 6.07) is 8.65. The van der Waals surface area contributed by atoms with E-state index in [-0.39, 0.29) is 6.04 Å². The van der Waals surface area contributed by atoms with E-state index in [1.807, 2.05) is 55.8 Å². The third-order valence-corrected chi connectivity index (χ3v) is 6.98. The number of benzene rings is 1. The number of carbonyl (C=O) groups is 1. The van der Waals surface area contributed by atoms with Gasteiger partial charge in [-0.2, -0.15) is 0 Å². The van der Waals surface area contributed by atoms with Gasteiger partial charge in [0.15, 0.2) is 0 Å². The minimum absolute atomic E-state index is 0.354. The average molecular weight is 486 g/mol. The van der Waals surface area contributed by atoms with E-state index in [9.17, 15) is 4.79 Å². The number of alkyl carbamates (subject to hydrolysis) is 1. The number of amides is 1. The monoisotopic (exact) mass is 485 g/mol. The van der Waals surface area contributed by atoms with Crippen LogP contribution in [0.3, 0.4) is 0 Å². The number of hydrogen-bond acceptors (Lipinski definition) is 5. The van der Waals surface area contributed by atoms with Crippen molar-refractivity contribution in [3.05, 3.63) is 48.4 Å². The lowest BCUT2D eigenvalue weighted by atomic mass is 10.1. The van der Waals surface area contributed by atoms with E-state index in [0.29, 0.717) is 26.4 Å². The van der Waals surface area contributed by atoms with Crippen molar-refractivity contribution < 1.29 is 19.0 Å². The molecule has 0 fully saturated rings. The van der Waals surface area contributed by atoms with Gasteiger partial charge < -0.3 is 24.1 Å². The second-order valence-corrected chi connectivity index (χ2v) is 16.5. The number of hydrogen-bond donors (Lipinski definition) is 1. The van der Waals surface area contributed by atoms with Crippen LogP contribution in [0.15, 0.2) is 42.6 Å². The number of para-hydroxylation sites is 1. The Morgan fingerprint density at radius 2 is 2.00 bits per heavy atom. The lowest BCUT2D eigenvalue weighted by Crippen LogP contribution is -2.36. The second kappa shape index (κ2) is 11.2. The fraction of sp³-hybridized carbons (Fsp3) is 0.538. The number of nitrogens with zero attached hydrogens (tertiary/aromatic N) is 2. The maximum Gasteiger partial charge on any atom is 0.408 e. The Hall–Kier alpha value is -2.58. The van der Waals surface area contributed by atoms with Crippen LogP contribution in [0.2, 0.25) is 25.7 Å². The number of nitrogens with one attached hydrogen (secondary N) is 1. The minimum atomic E-state index is -1.20. The Balaban J connectivity index is 1.94. The van der Waals surface area contributed by atoms with E-state index in [4.69, 9.17) is 19.2 Å². The van der Waals surface area contributed by atoms with Crippen LogP contribution in [0.4, 0.5) is 4.79 Å². The molecule has 8 heteroatoms. The first-order chi connectivity index (χ1) is 16.0. The first-order valence-electron chi connectivity index (χ1n) is 12.0. The third-order valence-electron chi connectivity index (χ3n) is 5.28. The zero-order chi connectivity index (χ0) is 24.8. The molecule has 2 bridgehead atoms. The number of imidazole rings is 1. The van der Waals surface area contributed by atoms with Gasteiger partial charge in [0.2, 0.25) is 0 Å². The highest BCUT2D eigenvalue weighted by Gasteiger charge is 2.25. The van der Waals surface area contributed by atoms with E-state index >= 15 is 0 Å². The Labute approximate surface area is 204 Å². The first kappa shape index (κ1) is 26.0. The van der Waals surface area contributed by atoms with Gasteiger partial charge in [-0.15, -0.1) is 0 Å². The summed E-state index contributed by atoms with van der Waals surface area (Å²) in [5.74, 6) is 1.53. The Kier molecular flexibility index (Phi) is 8.60. The molecule has 1 aliphatic rings. The molecule has 2 heterocycles. The van der Waals surface area contributed by atoms with E-state index in [1.165, 1.54) is 0 Å². The number of rotatable bonds is 6. The van der Waals surface area contributed by atoms with Crippen molar-refractivity contribution in [2.75, 3.05) is 13.2 Å². The molecule has 0 saturated heterocycles. The molecule has 3 rings (SSSR count). The van der Waals surface area contributed by atoms with Crippen LogP contribution in [0.1, 0.15) is 45.5 Å². The van der Waals surface area contributed by atoms with Gasteiger partial charge in [0.05, 0.1) is 18.3 Å². The SMILES string of the molecule is CC(C)(C)OC(=O)N[C@H]1C/C=C/CCOc2ccccc2-c2cn(COCC[Si](C)(C)C)c1n2. The summed E-state index contributed by atoms with van der Waals surface area (Å²) in [5, 5.41) is 3.03. The van der Waals surface area contributed by atoms with Crippen molar-refractivity contribution in [1.82, 2.24) is 14.9 Å². The molecule has 1 aromatic carbocycles. The number of fused-ring (bicyclic) bond motifs is 4. The summed E-state index contributed by atoms with van der Waals surface area (Å²) in [7, 11) is -1.20. The summed E-state index contributed by atoms with van der Waals surface area (Å²) < 4.78 is 19.6. The molecule has 1 atom stereocenters. The van der Waals surface area contributed by atoms with Gasteiger partial charge in [-0.05, 0) is 51.8 Å². The molecule has 1 N–H and O–H groups in total. The summed E-state index contributed by atoms with van der Waals surface area (Å²) in [5.41, 5.74) is 1.13. The van der Waals surface area contributed by atoms with Crippen molar-refractivity contribution in [2.45, 2.75) is 77.7 Å². The predicted octanol–water partition coefficient (Wildman–Crippen LogP) is 6.16. The van der Waals surface area contributed by atoms with Crippen LogP contribution in [0.25, 0.3) is 11.3 Å². The van der Waals surface area contributed by atoms with Crippen LogP contribution in [-0.2, 0) is 16.2 Å². The highest BCUT2D eigenvalue weighted by Crippen LogP contribution is 2.32. The average Bonchev–Trinajstić information content (AvgIpc) is 3.14. The van der Waals surface area contributed by atoms with Crippen molar-refractivity contribution in [3.8, 4) is 17.0 Å². The van der Waals surface area contributed by atoms with Gasteiger partial charge in [0.1, 0.15) is 23.9 Å². The lowest BCUT2D eigenvalue weighted by Gasteiger charge is -2.23. The molecule has 2 aromatic rings. The summed E-state index contributed by atoms with van der Waals surface area (Å²) in [6.45, 7) is 14.2. The lowest BCUT2D eigenvalue weighted by molar-refractivity contribution is 0.0492. The van der Waals surface area contributed by atoms with Gasteiger partial charge in [-0.3, -0.25) is 0 Å². The molecule has 186 valence electrons. The topological polar surface area (TPSA) is 74.6 Å². The molecule has 0 spiro atoms. The van der Waals surface area contributed by atoms with Crippen molar-refractivity contribution in [2.24, 2.45) is 0 Å². The van der Waals surface area contributed by atoms with Crippen LogP contribution in [-0.4, -0.2) is 42.5 Å². The maximum absolute atomic E-state index is 12.7. The predicted molar refractivity (Wildman–Crippen MR) is 138 cm³/mol. The van der Waals surface area contributed by atoms with Crippen LogP contribution < -0.4 is 10.1 Å². The molecule has 1 amide bonds. The summed E-state index contributed by atoms with van der Waals surface area (Å²) >= 11 is 0. The van der Waals surface area contributed by atoms with Gasteiger partial charge in [-0.1, -0.05) is 43.9 Å². The summed E-state index contributed by atoms with van der Waals surface area (Å²) in [6.07, 6.45) is 7.03. The van der Waals surface area contributed by atoms with Gasteiger partial charge in [-0.25, -0.2) is 9.78 Å². The summed E-state index contributed by atoms with van der Waals surface area (Å²) in [4.78, 5) is 17.6. The molecular formula is C26H39N3O4Si. The molecule has 1 aromatic heterocycles. The molecule has 0 radical (unpaired) electrons. The Bertz CT molecular complexity index is 989. The largest absolute Gasteiger partial charge is 0.493 e. The van der Waals surface area contributed by atoms with Crippen LogP contribution >= 0.6 is 0 Å². The zero-order valence-electron chi connectivity index (χ0n) is 21.4. The van der Waals surface area contributed by atoms with E-state index in [0.717, 1.165) is 35.3 Å². The molecule has 0 aliphatic carbocycles. The fourth-order valence-electron chi connectivity index (χ4n) is 3.55. The molecular weight excluding hydrogens is 446 g/mol. The van der Waals surface area contributed by atoms with Crippen molar-refractivity contribution >= 4 is 14.2 Å². The highest BCUT2D eigenvalue weighted by atomic mass is 28.3. The number of aromatic nitrogens is 2. The smallest absolute Gasteiger partial charge is 0.408 e. The van der Waals surface area contributed by atoms with E-state index < -0.39 is 19.8 Å². The first-order valence-corrected chi connectivity index (χ1v) is 15.7. The van der Waals surface area contributed by atoms with E-state index in [2.05, 4.69) is 37.1 Å².